The topological polar surface area (TPSA) is 88.1 Å². The van der Waals surface area contributed by atoms with Crippen LogP contribution in [-0.4, -0.2) is 28.3 Å². The van der Waals surface area contributed by atoms with Gasteiger partial charge in [0.15, 0.2) is 0 Å². The summed E-state index contributed by atoms with van der Waals surface area (Å²) in [5.41, 5.74) is 0.361. The molecule has 4 aromatic rings. The van der Waals surface area contributed by atoms with Crippen LogP contribution < -0.4 is 16.0 Å². The van der Waals surface area contributed by atoms with E-state index in [2.05, 4.69) is 21.0 Å². The molecule has 0 aliphatic carbocycles. The molecule has 0 aliphatic heterocycles. The van der Waals surface area contributed by atoms with Crippen LogP contribution in [-0.2, 0) is 12.6 Å². The Bertz CT molecular complexity index is 1340. The zero-order valence-corrected chi connectivity index (χ0v) is 18.9. The van der Waals surface area contributed by atoms with Crippen LogP contribution in [0.5, 0.6) is 0 Å². The van der Waals surface area contributed by atoms with Crippen LogP contribution in [0.15, 0.2) is 91.1 Å². The van der Waals surface area contributed by atoms with Crippen molar-refractivity contribution >= 4 is 23.3 Å². The minimum Gasteiger partial charge on any atom is -0.337 e. The molecular weight excluding hydrogens is 471 g/mol. The molecule has 0 aliphatic rings. The van der Waals surface area contributed by atoms with Crippen molar-refractivity contribution in [3.63, 3.8) is 0 Å². The lowest BCUT2D eigenvalue weighted by Gasteiger charge is -2.16. The van der Waals surface area contributed by atoms with E-state index in [4.69, 9.17) is 0 Å². The zero-order chi connectivity index (χ0) is 25.5. The van der Waals surface area contributed by atoms with E-state index in [1.807, 2.05) is 30.3 Å². The molecule has 1 aromatic heterocycles. The summed E-state index contributed by atoms with van der Waals surface area (Å²) in [7, 11) is 0. The molecule has 0 atom stereocenters. The first-order chi connectivity index (χ1) is 17.3. The Hall–Kier alpha value is -4.60. The molecule has 0 saturated carbocycles. The molecule has 1 heterocycles. The number of amides is 3. The van der Waals surface area contributed by atoms with Gasteiger partial charge < -0.3 is 16.0 Å². The summed E-state index contributed by atoms with van der Waals surface area (Å²) in [5.74, 6) is -0.545. The van der Waals surface area contributed by atoms with E-state index in [0.29, 0.717) is 17.7 Å². The highest BCUT2D eigenvalue weighted by molar-refractivity contribution is 6.04. The Morgan fingerprint density at radius 3 is 2.25 bits per heavy atom. The molecule has 184 valence electrons. The third-order valence-corrected chi connectivity index (χ3v) is 5.20. The van der Waals surface area contributed by atoms with Gasteiger partial charge in [0.2, 0.25) is 0 Å². The van der Waals surface area contributed by atoms with Crippen molar-refractivity contribution < 1.29 is 22.8 Å². The lowest BCUT2D eigenvalue weighted by Crippen LogP contribution is -2.31. The molecule has 7 nitrogen and oxygen atoms in total. The van der Waals surface area contributed by atoms with Crippen molar-refractivity contribution in [3.8, 4) is 5.69 Å². The van der Waals surface area contributed by atoms with Gasteiger partial charge in [0, 0.05) is 30.4 Å². The number of carbonyl (C=O) groups is 2. The monoisotopic (exact) mass is 493 g/mol. The fourth-order valence-corrected chi connectivity index (χ4v) is 3.45. The van der Waals surface area contributed by atoms with Crippen LogP contribution in [0.25, 0.3) is 5.69 Å². The summed E-state index contributed by atoms with van der Waals surface area (Å²) in [6.45, 7) is 0.171. The number of hydrogen-bond acceptors (Lipinski definition) is 3. The Morgan fingerprint density at radius 1 is 0.861 bits per heavy atom. The average Bonchev–Trinajstić information content (AvgIpc) is 3.34. The molecule has 0 fully saturated rings. The second kappa shape index (κ2) is 10.8. The quantitative estimate of drug-likeness (QED) is 0.317. The van der Waals surface area contributed by atoms with Gasteiger partial charge in [-0.2, -0.15) is 18.3 Å². The number of carbonyl (C=O) groups excluding carboxylic acids is 2. The van der Waals surface area contributed by atoms with Crippen LogP contribution >= 0.6 is 0 Å². The average molecular weight is 493 g/mol. The van der Waals surface area contributed by atoms with Gasteiger partial charge in [-0.15, -0.1) is 0 Å². The van der Waals surface area contributed by atoms with E-state index in [1.54, 1.807) is 47.3 Å². The van der Waals surface area contributed by atoms with E-state index < -0.39 is 29.4 Å². The first-order valence-electron chi connectivity index (χ1n) is 11.0. The van der Waals surface area contributed by atoms with Crippen molar-refractivity contribution in [1.29, 1.82) is 0 Å². The smallest absolute Gasteiger partial charge is 0.337 e. The zero-order valence-electron chi connectivity index (χ0n) is 18.9. The third kappa shape index (κ3) is 6.29. The van der Waals surface area contributed by atoms with Gasteiger partial charge in [-0.3, -0.25) is 4.79 Å². The van der Waals surface area contributed by atoms with Gasteiger partial charge in [0.1, 0.15) is 0 Å². The normalized spacial score (nSPS) is 11.1. The molecule has 0 radical (unpaired) electrons. The first kappa shape index (κ1) is 24.5. The highest BCUT2D eigenvalue weighted by Crippen LogP contribution is 2.36. The van der Waals surface area contributed by atoms with E-state index in [-0.39, 0.29) is 12.2 Å². The molecule has 3 N–H and O–H groups in total. The molecule has 4 rings (SSSR count). The standard InChI is InChI=1S/C26H22F3N5O2/c27-26(28,29)22-17-20(31-24(35)18-7-3-1-4-8-18)11-12-23(22)32-25(36)30-15-13-19-14-16-34(33-19)21-9-5-2-6-10-21/h1-12,14,16-17H,13,15H2,(H,31,35)(H2,30,32,36). The summed E-state index contributed by atoms with van der Waals surface area (Å²) in [4.78, 5) is 24.5. The van der Waals surface area contributed by atoms with E-state index in [9.17, 15) is 22.8 Å². The summed E-state index contributed by atoms with van der Waals surface area (Å²) in [5, 5.41) is 11.6. The van der Waals surface area contributed by atoms with Crippen LogP contribution in [0, 0.1) is 0 Å². The predicted octanol–water partition coefficient (Wildman–Crippen LogP) is 5.51. The Morgan fingerprint density at radius 2 is 1.56 bits per heavy atom. The first-order valence-corrected chi connectivity index (χ1v) is 11.0. The lowest BCUT2D eigenvalue weighted by atomic mass is 10.1. The number of para-hydroxylation sites is 1. The third-order valence-electron chi connectivity index (χ3n) is 5.20. The van der Waals surface area contributed by atoms with Crippen molar-refractivity contribution in [1.82, 2.24) is 15.1 Å². The van der Waals surface area contributed by atoms with Crippen molar-refractivity contribution in [2.24, 2.45) is 0 Å². The van der Waals surface area contributed by atoms with Crippen molar-refractivity contribution in [3.05, 3.63) is 108 Å². The highest BCUT2D eigenvalue weighted by Gasteiger charge is 2.34. The number of nitrogens with one attached hydrogen (secondary N) is 3. The molecule has 3 aromatic carbocycles. The molecule has 10 heteroatoms. The summed E-state index contributed by atoms with van der Waals surface area (Å²) >= 11 is 0. The number of halogens is 3. The van der Waals surface area contributed by atoms with Gasteiger partial charge in [-0.05, 0) is 48.5 Å². The molecule has 0 spiro atoms. The van der Waals surface area contributed by atoms with Gasteiger partial charge >= 0.3 is 12.2 Å². The molecule has 36 heavy (non-hydrogen) atoms. The molecule has 0 bridgehead atoms. The van der Waals surface area contributed by atoms with Crippen molar-refractivity contribution in [2.45, 2.75) is 12.6 Å². The van der Waals surface area contributed by atoms with Gasteiger partial charge in [0.25, 0.3) is 5.91 Å². The maximum atomic E-state index is 13.7. The van der Waals surface area contributed by atoms with E-state index >= 15 is 0 Å². The molecular formula is C26H22F3N5O2. The minimum atomic E-state index is -4.75. The largest absolute Gasteiger partial charge is 0.418 e. The molecule has 3 amide bonds. The molecule has 0 saturated heterocycles. The maximum Gasteiger partial charge on any atom is 0.418 e. The Balaban J connectivity index is 1.36. The second-order valence-corrected chi connectivity index (χ2v) is 7.80. The fourth-order valence-electron chi connectivity index (χ4n) is 3.45. The Kier molecular flexibility index (Phi) is 7.33. The minimum absolute atomic E-state index is 0.0452. The summed E-state index contributed by atoms with van der Waals surface area (Å²) < 4.78 is 42.7. The number of aromatic nitrogens is 2. The predicted molar refractivity (Wildman–Crippen MR) is 130 cm³/mol. The van der Waals surface area contributed by atoms with E-state index in [0.717, 1.165) is 17.8 Å². The van der Waals surface area contributed by atoms with Crippen LogP contribution in [0.3, 0.4) is 0 Å². The SMILES string of the molecule is O=C(NCCc1ccn(-c2ccccc2)n1)Nc1ccc(NC(=O)c2ccccc2)cc1C(F)(F)F. The summed E-state index contributed by atoms with van der Waals surface area (Å²) in [6.07, 6.45) is -2.57. The van der Waals surface area contributed by atoms with Gasteiger partial charge in [0.05, 0.1) is 22.6 Å². The number of nitrogens with zero attached hydrogens (tertiary/aromatic N) is 2. The maximum absolute atomic E-state index is 13.7. The number of anilines is 2. The fraction of sp³-hybridized carbons (Fsp3) is 0.115. The Labute approximate surface area is 205 Å². The second-order valence-electron chi connectivity index (χ2n) is 7.80. The van der Waals surface area contributed by atoms with Crippen LogP contribution in [0.2, 0.25) is 0 Å². The number of urea groups is 1. The number of hydrogen-bond donors (Lipinski definition) is 3. The van der Waals surface area contributed by atoms with Crippen LogP contribution in [0.1, 0.15) is 21.6 Å². The number of alkyl halides is 3. The van der Waals surface area contributed by atoms with E-state index in [1.165, 1.54) is 6.07 Å². The summed E-state index contributed by atoms with van der Waals surface area (Å²) in [6, 6.07) is 21.8. The lowest BCUT2D eigenvalue weighted by molar-refractivity contribution is -0.136. The number of benzene rings is 3. The van der Waals surface area contributed by atoms with Crippen molar-refractivity contribution in [2.75, 3.05) is 17.2 Å². The van der Waals surface area contributed by atoms with Gasteiger partial charge in [-0.25, -0.2) is 9.48 Å². The number of rotatable bonds is 7. The highest BCUT2D eigenvalue weighted by atomic mass is 19.4. The van der Waals surface area contributed by atoms with Gasteiger partial charge in [-0.1, -0.05) is 36.4 Å². The molecule has 0 unspecified atom stereocenters. The van der Waals surface area contributed by atoms with Crippen LogP contribution in [0.4, 0.5) is 29.3 Å².